The van der Waals surface area contributed by atoms with Gasteiger partial charge in [0.15, 0.2) is 0 Å². The van der Waals surface area contributed by atoms with E-state index < -0.39 is 0 Å². The van der Waals surface area contributed by atoms with Crippen LogP contribution in [0.4, 0.5) is 0 Å². The fraction of sp³-hybridized carbons (Fsp3) is 0.800. The zero-order valence-corrected chi connectivity index (χ0v) is 13.5. The molecule has 1 aliphatic heterocycles. The summed E-state index contributed by atoms with van der Waals surface area (Å²) in [6.45, 7) is 11.4. The third-order valence-corrected chi connectivity index (χ3v) is 5.37. The van der Waals surface area contributed by atoms with Gasteiger partial charge >= 0.3 is 0 Å². The van der Waals surface area contributed by atoms with Crippen molar-refractivity contribution >= 4 is 11.3 Å². The smallest absolute Gasteiger partial charge is 0.112 e. The summed E-state index contributed by atoms with van der Waals surface area (Å²) < 4.78 is 0. The van der Waals surface area contributed by atoms with Crippen molar-refractivity contribution in [3.05, 3.63) is 16.6 Å². The topological polar surface area (TPSA) is 28.2 Å². The molecule has 2 unspecified atom stereocenters. The molecule has 0 radical (unpaired) electrons. The van der Waals surface area contributed by atoms with Gasteiger partial charge in [0.1, 0.15) is 5.01 Å². The second-order valence-corrected chi connectivity index (χ2v) is 6.90. The minimum Gasteiger partial charge on any atom is -0.311 e. The van der Waals surface area contributed by atoms with Crippen LogP contribution in [0.5, 0.6) is 0 Å². The SMILES string of the molecule is CCCC1CN(C(C)(C)c2nccs2)C(CC)CN1. The Hall–Kier alpha value is -0.450. The van der Waals surface area contributed by atoms with Gasteiger partial charge in [0.2, 0.25) is 0 Å². The van der Waals surface area contributed by atoms with Gasteiger partial charge in [-0.3, -0.25) is 4.90 Å². The van der Waals surface area contributed by atoms with Crippen LogP contribution in [0.1, 0.15) is 52.0 Å². The van der Waals surface area contributed by atoms with Crippen LogP contribution in [-0.2, 0) is 5.54 Å². The van der Waals surface area contributed by atoms with Crippen LogP contribution in [0.25, 0.3) is 0 Å². The number of nitrogens with one attached hydrogen (secondary N) is 1. The minimum atomic E-state index is 0.0446. The first kappa shape index (κ1) is 14.9. The van der Waals surface area contributed by atoms with Crippen LogP contribution in [0, 0.1) is 0 Å². The Kier molecular flexibility index (Phi) is 4.98. The third kappa shape index (κ3) is 3.18. The van der Waals surface area contributed by atoms with Crippen LogP contribution in [0.3, 0.4) is 0 Å². The molecule has 0 spiro atoms. The average Bonchev–Trinajstić information content (AvgIpc) is 2.93. The maximum Gasteiger partial charge on any atom is 0.112 e. The van der Waals surface area contributed by atoms with Gasteiger partial charge in [0, 0.05) is 36.8 Å². The normalized spacial score (nSPS) is 25.7. The molecule has 0 bridgehead atoms. The van der Waals surface area contributed by atoms with E-state index in [0.717, 1.165) is 13.1 Å². The quantitative estimate of drug-likeness (QED) is 0.898. The van der Waals surface area contributed by atoms with Gasteiger partial charge in [-0.1, -0.05) is 20.3 Å². The standard InChI is InChI=1S/C15H27N3S/c1-5-7-12-11-18(13(6-2)10-17-12)15(3,4)14-16-8-9-19-14/h8-9,12-13,17H,5-7,10-11H2,1-4H3. The van der Waals surface area contributed by atoms with E-state index in [1.54, 1.807) is 11.3 Å². The molecule has 0 aromatic carbocycles. The van der Waals surface area contributed by atoms with E-state index >= 15 is 0 Å². The molecule has 1 aromatic heterocycles. The van der Waals surface area contributed by atoms with Crippen LogP contribution >= 0.6 is 11.3 Å². The molecule has 3 nitrogen and oxygen atoms in total. The molecular formula is C15H27N3S. The van der Waals surface area contributed by atoms with Crippen LogP contribution < -0.4 is 5.32 Å². The zero-order chi connectivity index (χ0) is 13.9. The van der Waals surface area contributed by atoms with Gasteiger partial charge in [-0.25, -0.2) is 4.98 Å². The summed E-state index contributed by atoms with van der Waals surface area (Å²) >= 11 is 1.78. The lowest BCUT2D eigenvalue weighted by Gasteiger charge is -2.48. The molecule has 1 fully saturated rings. The molecule has 2 rings (SSSR count). The van der Waals surface area contributed by atoms with Gasteiger partial charge in [-0.2, -0.15) is 0 Å². The Balaban J connectivity index is 2.17. The Bertz CT molecular complexity index is 375. The third-order valence-electron chi connectivity index (χ3n) is 4.28. The summed E-state index contributed by atoms with van der Waals surface area (Å²) in [6, 6.07) is 1.25. The highest BCUT2D eigenvalue weighted by Crippen LogP contribution is 2.33. The van der Waals surface area contributed by atoms with Gasteiger partial charge < -0.3 is 5.32 Å². The average molecular weight is 281 g/mol. The van der Waals surface area contributed by atoms with Gasteiger partial charge in [0.05, 0.1) is 5.54 Å². The molecule has 2 atom stereocenters. The molecule has 1 N–H and O–H groups in total. The molecule has 4 heteroatoms. The first-order chi connectivity index (χ1) is 9.09. The highest BCUT2D eigenvalue weighted by molar-refractivity contribution is 7.09. The highest BCUT2D eigenvalue weighted by Gasteiger charge is 2.38. The molecule has 1 saturated heterocycles. The summed E-state index contributed by atoms with van der Waals surface area (Å²) in [6.07, 6.45) is 5.63. The number of thiazole rings is 1. The number of aromatic nitrogens is 1. The number of rotatable bonds is 5. The highest BCUT2D eigenvalue weighted by atomic mass is 32.1. The second kappa shape index (κ2) is 6.33. The molecular weight excluding hydrogens is 254 g/mol. The number of hydrogen-bond acceptors (Lipinski definition) is 4. The van der Waals surface area contributed by atoms with Crippen LogP contribution in [-0.4, -0.2) is 35.1 Å². The van der Waals surface area contributed by atoms with E-state index in [-0.39, 0.29) is 5.54 Å². The van der Waals surface area contributed by atoms with Gasteiger partial charge in [-0.15, -0.1) is 11.3 Å². The predicted molar refractivity (Wildman–Crippen MR) is 82.6 cm³/mol. The minimum absolute atomic E-state index is 0.0446. The molecule has 0 saturated carbocycles. The lowest BCUT2D eigenvalue weighted by atomic mass is 9.94. The molecule has 19 heavy (non-hydrogen) atoms. The fourth-order valence-corrected chi connectivity index (χ4v) is 3.88. The predicted octanol–water partition coefficient (Wildman–Crippen LogP) is 3.23. The van der Waals surface area contributed by atoms with E-state index in [2.05, 4.69) is 48.3 Å². The van der Waals surface area contributed by atoms with Crippen molar-refractivity contribution in [3.63, 3.8) is 0 Å². The van der Waals surface area contributed by atoms with E-state index in [1.165, 1.54) is 24.3 Å². The molecule has 2 heterocycles. The zero-order valence-electron chi connectivity index (χ0n) is 12.6. The maximum atomic E-state index is 4.56. The number of piperazine rings is 1. The summed E-state index contributed by atoms with van der Waals surface area (Å²) in [7, 11) is 0. The maximum absolute atomic E-state index is 4.56. The fourth-order valence-electron chi connectivity index (χ4n) is 3.10. The molecule has 1 aromatic rings. The van der Waals surface area contributed by atoms with Crippen molar-refractivity contribution in [3.8, 4) is 0 Å². The van der Waals surface area contributed by atoms with E-state index in [1.807, 2.05) is 6.20 Å². The van der Waals surface area contributed by atoms with Crippen LogP contribution in [0.15, 0.2) is 11.6 Å². The first-order valence-electron chi connectivity index (χ1n) is 7.49. The molecule has 108 valence electrons. The summed E-state index contributed by atoms with van der Waals surface area (Å²) in [5, 5.41) is 7.04. The molecule has 0 amide bonds. The monoisotopic (exact) mass is 281 g/mol. The van der Waals surface area contributed by atoms with Crippen molar-refractivity contribution < 1.29 is 0 Å². The largest absolute Gasteiger partial charge is 0.311 e. The van der Waals surface area contributed by atoms with Crippen molar-refractivity contribution in [2.45, 2.75) is 64.6 Å². The summed E-state index contributed by atoms with van der Waals surface area (Å²) in [5.41, 5.74) is 0.0446. The Morgan fingerprint density at radius 2 is 2.26 bits per heavy atom. The van der Waals surface area contributed by atoms with Crippen molar-refractivity contribution in [2.24, 2.45) is 0 Å². The van der Waals surface area contributed by atoms with Gasteiger partial charge in [-0.05, 0) is 26.7 Å². The Labute approximate surface area is 121 Å². The van der Waals surface area contributed by atoms with Crippen molar-refractivity contribution in [2.75, 3.05) is 13.1 Å². The Morgan fingerprint density at radius 3 is 2.84 bits per heavy atom. The van der Waals surface area contributed by atoms with E-state index in [9.17, 15) is 0 Å². The van der Waals surface area contributed by atoms with Crippen LogP contribution in [0.2, 0.25) is 0 Å². The molecule has 0 aliphatic carbocycles. The van der Waals surface area contributed by atoms with E-state index in [0.29, 0.717) is 12.1 Å². The second-order valence-electron chi connectivity index (χ2n) is 6.00. The van der Waals surface area contributed by atoms with E-state index in [4.69, 9.17) is 0 Å². The Morgan fingerprint density at radius 1 is 1.47 bits per heavy atom. The number of nitrogens with zero attached hydrogens (tertiary/aromatic N) is 2. The van der Waals surface area contributed by atoms with Gasteiger partial charge in [0.25, 0.3) is 0 Å². The first-order valence-corrected chi connectivity index (χ1v) is 8.37. The lowest BCUT2D eigenvalue weighted by molar-refractivity contribution is 0.0245. The lowest BCUT2D eigenvalue weighted by Crippen LogP contribution is -2.61. The summed E-state index contributed by atoms with van der Waals surface area (Å²) in [5.74, 6) is 0. The van der Waals surface area contributed by atoms with Crippen molar-refractivity contribution in [1.82, 2.24) is 15.2 Å². The summed E-state index contributed by atoms with van der Waals surface area (Å²) in [4.78, 5) is 7.23. The number of hydrogen-bond donors (Lipinski definition) is 1. The molecule has 1 aliphatic rings. The van der Waals surface area contributed by atoms with Crippen molar-refractivity contribution in [1.29, 1.82) is 0 Å².